The second-order valence-electron chi connectivity index (χ2n) is 9.50. The molecule has 2 heterocycles. The lowest BCUT2D eigenvalue weighted by atomic mass is 9.86. The van der Waals surface area contributed by atoms with Gasteiger partial charge in [0.25, 0.3) is 0 Å². The van der Waals surface area contributed by atoms with Crippen molar-refractivity contribution in [2.75, 3.05) is 18.0 Å². The van der Waals surface area contributed by atoms with Gasteiger partial charge >= 0.3 is 0 Å². The summed E-state index contributed by atoms with van der Waals surface area (Å²) in [5.74, 6) is 2.93. The van der Waals surface area contributed by atoms with Gasteiger partial charge in [0.2, 0.25) is 0 Å². The molecule has 0 amide bonds. The predicted molar refractivity (Wildman–Crippen MR) is 120 cm³/mol. The third kappa shape index (κ3) is 4.36. The minimum Gasteiger partial charge on any atom is -0.507 e. The van der Waals surface area contributed by atoms with Gasteiger partial charge in [0.1, 0.15) is 22.9 Å². The van der Waals surface area contributed by atoms with Crippen LogP contribution in [0.3, 0.4) is 0 Å². The number of pyridine rings is 1. The second kappa shape index (κ2) is 7.89. The van der Waals surface area contributed by atoms with Crippen molar-refractivity contribution < 1.29 is 9.84 Å². The van der Waals surface area contributed by atoms with E-state index in [1.165, 1.54) is 5.56 Å². The van der Waals surface area contributed by atoms with Crippen LogP contribution in [0.1, 0.15) is 60.7 Å². The van der Waals surface area contributed by atoms with Crippen LogP contribution < -0.4 is 9.64 Å². The molecule has 0 bridgehead atoms. The molecule has 1 aliphatic heterocycles. The van der Waals surface area contributed by atoms with E-state index in [0.29, 0.717) is 11.7 Å². The summed E-state index contributed by atoms with van der Waals surface area (Å²) < 4.78 is 6.68. The number of phenolic OH excluding ortho intramolecular Hbond substituents is 1. The molecule has 0 spiro atoms. The molecule has 0 fully saturated rings. The van der Waals surface area contributed by atoms with Crippen molar-refractivity contribution in [3.63, 3.8) is 0 Å². The molecule has 2 aromatic rings. The zero-order valence-electron chi connectivity index (χ0n) is 19.3. The molecule has 0 aliphatic carbocycles. The normalized spacial score (nSPS) is 18.5. The second-order valence-corrected chi connectivity index (χ2v) is 9.50. The molecule has 1 atom stereocenters. The highest BCUT2D eigenvalue weighted by Crippen LogP contribution is 2.43. The Morgan fingerprint density at radius 1 is 1.10 bits per heavy atom. The third-order valence-corrected chi connectivity index (χ3v) is 6.11. The zero-order valence-corrected chi connectivity index (χ0v) is 19.3. The van der Waals surface area contributed by atoms with Crippen LogP contribution in [-0.4, -0.2) is 28.8 Å². The fourth-order valence-corrected chi connectivity index (χ4v) is 4.47. The first-order valence-corrected chi connectivity index (χ1v) is 10.7. The fraction of sp³-hybridized carbons (Fsp3) is 0.560. The lowest BCUT2D eigenvalue weighted by molar-refractivity contribution is 0.0695. The average molecular weight is 397 g/mol. The van der Waals surface area contributed by atoms with Crippen LogP contribution in [0.25, 0.3) is 0 Å². The minimum atomic E-state index is -0.304. The molecule has 158 valence electrons. The lowest BCUT2D eigenvalue weighted by Crippen LogP contribution is -2.49. The van der Waals surface area contributed by atoms with Crippen LogP contribution in [0.4, 0.5) is 5.82 Å². The summed E-state index contributed by atoms with van der Waals surface area (Å²) in [6.45, 7) is 18.6. The highest BCUT2D eigenvalue weighted by atomic mass is 16.5. The van der Waals surface area contributed by atoms with Gasteiger partial charge in [-0.25, -0.2) is 4.98 Å². The summed E-state index contributed by atoms with van der Waals surface area (Å²) in [7, 11) is 0. The van der Waals surface area contributed by atoms with Crippen LogP contribution in [0, 0.1) is 40.5 Å². The Kier molecular flexibility index (Phi) is 5.84. The molecule has 1 aromatic heterocycles. The van der Waals surface area contributed by atoms with Crippen molar-refractivity contribution in [2.24, 2.45) is 5.92 Å². The summed E-state index contributed by atoms with van der Waals surface area (Å²) in [6.07, 6.45) is 1.84. The highest BCUT2D eigenvalue weighted by Gasteiger charge is 2.36. The molecular weight excluding hydrogens is 360 g/mol. The maximum Gasteiger partial charge on any atom is 0.129 e. The monoisotopic (exact) mass is 396 g/mol. The number of aromatic hydroxyl groups is 1. The number of ether oxygens (including phenoxy) is 1. The van der Waals surface area contributed by atoms with Crippen molar-refractivity contribution in [1.29, 1.82) is 0 Å². The van der Waals surface area contributed by atoms with E-state index < -0.39 is 0 Å². The molecule has 4 heteroatoms. The van der Waals surface area contributed by atoms with Gasteiger partial charge in [0.15, 0.2) is 0 Å². The molecule has 1 unspecified atom stereocenters. The SMILES string of the molecule is Cc1cc(C)nc(N(CC(C)C)CC2(C)CCc3c(C)c(O)c(C)c(C)c3O2)c1. The molecule has 1 aromatic carbocycles. The highest BCUT2D eigenvalue weighted by molar-refractivity contribution is 5.58. The van der Waals surface area contributed by atoms with Crippen LogP contribution >= 0.6 is 0 Å². The quantitative estimate of drug-likeness (QED) is 0.717. The number of rotatable bonds is 5. The average Bonchev–Trinajstić information content (AvgIpc) is 2.63. The Balaban J connectivity index is 1.95. The molecule has 0 saturated heterocycles. The van der Waals surface area contributed by atoms with Crippen LogP contribution in [0.2, 0.25) is 0 Å². The molecule has 1 aliphatic rings. The number of hydrogen-bond donors (Lipinski definition) is 1. The minimum absolute atomic E-state index is 0.304. The summed E-state index contributed by atoms with van der Waals surface area (Å²) in [5.41, 5.74) is 6.06. The first-order chi connectivity index (χ1) is 13.5. The summed E-state index contributed by atoms with van der Waals surface area (Å²) in [5, 5.41) is 10.4. The summed E-state index contributed by atoms with van der Waals surface area (Å²) >= 11 is 0. The van der Waals surface area contributed by atoms with E-state index in [2.05, 4.69) is 58.6 Å². The van der Waals surface area contributed by atoms with Gasteiger partial charge in [-0.3, -0.25) is 0 Å². The van der Waals surface area contributed by atoms with Crippen molar-refractivity contribution in [3.8, 4) is 11.5 Å². The Morgan fingerprint density at radius 3 is 2.41 bits per heavy atom. The molecule has 0 radical (unpaired) electrons. The van der Waals surface area contributed by atoms with Crippen LogP contribution in [-0.2, 0) is 6.42 Å². The maximum atomic E-state index is 10.4. The molecule has 3 rings (SSSR count). The van der Waals surface area contributed by atoms with Crippen LogP contribution in [0.5, 0.6) is 11.5 Å². The molecule has 1 N–H and O–H groups in total. The van der Waals surface area contributed by atoms with Crippen LogP contribution in [0.15, 0.2) is 12.1 Å². The molecule has 29 heavy (non-hydrogen) atoms. The molecule has 0 saturated carbocycles. The van der Waals surface area contributed by atoms with Gasteiger partial charge < -0.3 is 14.7 Å². The van der Waals surface area contributed by atoms with Crippen molar-refractivity contribution in [2.45, 2.75) is 73.8 Å². The number of hydrogen-bond acceptors (Lipinski definition) is 4. The maximum absolute atomic E-state index is 10.4. The van der Waals surface area contributed by atoms with E-state index in [4.69, 9.17) is 9.72 Å². The summed E-state index contributed by atoms with van der Waals surface area (Å²) in [6, 6.07) is 4.29. The van der Waals surface area contributed by atoms with E-state index in [0.717, 1.165) is 65.4 Å². The largest absolute Gasteiger partial charge is 0.507 e. The Bertz CT molecular complexity index is 900. The van der Waals surface area contributed by atoms with Crippen molar-refractivity contribution in [3.05, 3.63) is 45.6 Å². The number of aryl methyl sites for hydroxylation is 2. The topological polar surface area (TPSA) is 45.6 Å². The van der Waals surface area contributed by atoms with Gasteiger partial charge in [0, 0.05) is 17.8 Å². The fourth-order valence-electron chi connectivity index (χ4n) is 4.47. The Hall–Kier alpha value is -2.23. The van der Waals surface area contributed by atoms with E-state index in [-0.39, 0.29) is 5.60 Å². The number of phenols is 1. The summed E-state index contributed by atoms with van der Waals surface area (Å²) in [4.78, 5) is 7.20. The zero-order chi connectivity index (χ0) is 21.5. The van der Waals surface area contributed by atoms with Gasteiger partial charge in [-0.2, -0.15) is 0 Å². The number of nitrogens with zero attached hydrogens (tertiary/aromatic N) is 2. The van der Waals surface area contributed by atoms with E-state index in [9.17, 15) is 5.11 Å². The number of fused-ring (bicyclic) bond motifs is 1. The van der Waals surface area contributed by atoms with Crippen molar-refractivity contribution >= 4 is 5.82 Å². The Labute approximate surface area is 175 Å². The number of benzene rings is 1. The van der Waals surface area contributed by atoms with E-state index in [1.54, 1.807) is 0 Å². The lowest BCUT2D eigenvalue weighted by Gasteiger charge is -2.41. The predicted octanol–water partition coefficient (Wildman–Crippen LogP) is 5.58. The van der Waals surface area contributed by atoms with E-state index in [1.807, 2.05) is 13.8 Å². The van der Waals surface area contributed by atoms with Gasteiger partial charge in [-0.15, -0.1) is 0 Å². The van der Waals surface area contributed by atoms with Crippen molar-refractivity contribution in [1.82, 2.24) is 4.98 Å². The number of anilines is 1. The third-order valence-electron chi connectivity index (χ3n) is 6.11. The standard InChI is InChI=1S/C25H36N2O2/c1-15(2)13-27(22-12-16(3)11-17(4)26-22)14-25(8)10-9-21-20(7)23(28)18(5)19(6)24(21)29-25/h11-12,15,28H,9-10,13-14H2,1-8H3. The Morgan fingerprint density at radius 2 is 1.79 bits per heavy atom. The molecular formula is C25H36N2O2. The first-order valence-electron chi connectivity index (χ1n) is 10.7. The van der Waals surface area contributed by atoms with Gasteiger partial charge in [-0.05, 0) is 94.7 Å². The van der Waals surface area contributed by atoms with E-state index >= 15 is 0 Å². The molecule has 4 nitrogen and oxygen atoms in total. The van der Waals surface area contributed by atoms with Gasteiger partial charge in [-0.1, -0.05) is 13.8 Å². The van der Waals surface area contributed by atoms with Gasteiger partial charge in [0.05, 0.1) is 6.54 Å². The smallest absolute Gasteiger partial charge is 0.129 e. The number of aromatic nitrogens is 1. The first kappa shape index (κ1) is 21.5.